The maximum atomic E-state index is 12.4. The van der Waals surface area contributed by atoms with Crippen molar-refractivity contribution in [2.75, 3.05) is 38.3 Å². The highest BCUT2D eigenvalue weighted by Gasteiger charge is 2.21. The molecule has 1 amide bonds. The smallest absolute Gasteiger partial charge is 0.321 e. The van der Waals surface area contributed by atoms with Crippen LogP contribution in [-0.4, -0.2) is 53.7 Å². The summed E-state index contributed by atoms with van der Waals surface area (Å²) in [6.07, 6.45) is 0.693. The Labute approximate surface area is 174 Å². The van der Waals surface area contributed by atoms with E-state index >= 15 is 0 Å². The Balaban J connectivity index is 1.52. The molecule has 0 radical (unpaired) electrons. The van der Waals surface area contributed by atoms with E-state index in [0.717, 1.165) is 0 Å². The zero-order chi connectivity index (χ0) is 21.6. The predicted octanol–water partition coefficient (Wildman–Crippen LogP) is 1.33. The van der Waals surface area contributed by atoms with Crippen LogP contribution in [0.5, 0.6) is 11.5 Å². The molecule has 0 bridgehead atoms. The summed E-state index contributed by atoms with van der Waals surface area (Å²) in [5.74, 6) is -0.526. The molecule has 0 saturated carbocycles. The molecule has 1 N–H and O–H groups in total. The van der Waals surface area contributed by atoms with Crippen molar-refractivity contribution in [3.05, 3.63) is 48.5 Å². The third-order valence-corrected chi connectivity index (χ3v) is 5.71. The van der Waals surface area contributed by atoms with Crippen LogP contribution in [0.2, 0.25) is 0 Å². The zero-order valence-electron chi connectivity index (χ0n) is 16.4. The fraction of sp³-hybridized carbons (Fsp3) is 0.300. The first kappa shape index (κ1) is 21.6. The Kier molecular flexibility index (Phi) is 6.91. The van der Waals surface area contributed by atoms with Crippen molar-refractivity contribution >= 4 is 27.6 Å². The fourth-order valence-corrected chi connectivity index (χ4v) is 3.62. The Morgan fingerprint density at radius 1 is 1.07 bits per heavy atom. The van der Waals surface area contributed by atoms with E-state index in [1.807, 2.05) is 6.07 Å². The number of para-hydroxylation sites is 1. The van der Waals surface area contributed by atoms with Crippen LogP contribution in [0.4, 0.5) is 5.69 Å². The van der Waals surface area contributed by atoms with Gasteiger partial charge in [-0.3, -0.25) is 9.59 Å². The number of fused-ring (bicyclic) bond motifs is 1. The molecular formula is C20H22N2O7S. The lowest BCUT2D eigenvalue weighted by Gasteiger charge is -2.17. The second-order valence-electron chi connectivity index (χ2n) is 6.43. The van der Waals surface area contributed by atoms with Gasteiger partial charge in [0.1, 0.15) is 6.54 Å². The highest BCUT2D eigenvalue weighted by Crippen LogP contribution is 2.31. The van der Waals surface area contributed by atoms with Crippen LogP contribution < -0.4 is 19.1 Å². The fourth-order valence-electron chi connectivity index (χ4n) is 2.63. The quantitative estimate of drug-likeness (QED) is 0.655. The van der Waals surface area contributed by atoms with Gasteiger partial charge >= 0.3 is 5.97 Å². The van der Waals surface area contributed by atoms with E-state index in [0.29, 0.717) is 36.8 Å². The average molecular weight is 434 g/mol. The Bertz CT molecular complexity index is 1010. The second-order valence-corrected chi connectivity index (χ2v) is 8.20. The second kappa shape index (κ2) is 9.59. The molecule has 0 saturated heterocycles. The number of esters is 1. The summed E-state index contributed by atoms with van der Waals surface area (Å²) in [7, 11) is -2.43. The van der Waals surface area contributed by atoms with Crippen LogP contribution in [0.15, 0.2) is 53.4 Å². The molecule has 10 heteroatoms. The van der Waals surface area contributed by atoms with Crippen LogP contribution in [0, 0.1) is 0 Å². The molecule has 1 aliphatic heterocycles. The van der Waals surface area contributed by atoms with Crippen molar-refractivity contribution in [3.8, 4) is 11.5 Å². The molecule has 0 fully saturated rings. The van der Waals surface area contributed by atoms with Crippen LogP contribution in [0.3, 0.4) is 0 Å². The standard InChI is InChI=1S/C20H22N2O7S/c1-22(15-6-3-2-4-7-15)19(23)14-29-20(24)13-21-30(25,26)16-8-9-17-18(12-16)28-11-5-10-27-17/h2-4,6-9,12,21H,5,10-11,13-14H2,1H3. The van der Waals surface area contributed by atoms with E-state index in [4.69, 9.17) is 14.2 Å². The highest BCUT2D eigenvalue weighted by molar-refractivity contribution is 7.89. The van der Waals surface area contributed by atoms with Gasteiger partial charge in [0.15, 0.2) is 18.1 Å². The first-order chi connectivity index (χ1) is 14.4. The average Bonchev–Trinajstić information content (AvgIpc) is 3.01. The summed E-state index contributed by atoms with van der Waals surface area (Å²) in [6, 6.07) is 13.1. The lowest BCUT2D eigenvalue weighted by atomic mass is 10.3. The van der Waals surface area contributed by atoms with Gasteiger partial charge in [-0.25, -0.2) is 8.42 Å². The molecule has 160 valence electrons. The predicted molar refractivity (Wildman–Crippen MR) is 108 cm³/mol. The molecule has 0 aliphatic carbocycles. The largest absolute Gasteiger partial charge is 0.490 e. The Hall–Kier alpha value is -3.11. The highest BCUT2D eigenvalue weighted by atomic mass is 32.2. The minimum Gasteiger partial charge on any atom is -0.490 e. The number of anilines is 1. The zero-order valence-corrected chi connectivity index (χ0v) is 17.2. The molecule has 2 aromatic carbocycles. The molecule has 0 atom stereocenters. The number of benzene rings is 2. The van der Waals surface area contributed by atoms with E-state index in [9.17, 15) is 18.0 Å². The molecular weight excluding hydrogens is 412 g/mol. The Morgan fingerprint density at radius 3 is 2.50 bits per heavy atom. The molecule has 0 spiro atoms. The van der Waals surface area contributed by atoms with Crippen molar-refractivity contribution in [1.29, 1.82) is 0 Å². The number of rotatable bonds is 7. The topological polar surface area (TPSA) is 111 Å². The van der Waals surface area contributed by atoms with Gasteiger partial charge in [-0.15, -0.1) is 0 Å². The van der Waals surface area contributed by atoms with Gasteiger partial charge in [-0.05, 0) is 24.3 Å². The normalized spacial score (nSPS) is 13.2. The van der Waals surface area contributed by atoms with E-state index in [1.54, 1.807) is 31.3 Å². The van der Waals surface area contributed by atoms with Gasteiger partial charge in [0.05, 0.1) is 18.1 Å². The SMILES string of the molecule is CN(C(=O)COC(=O)CNS(=O)(=O)c1ccc2c(c1)OCCCO2)c1ccccc1. The molecule has 1 aliphatic rings. The minimum absolute atomic E-state index is 0.0700. The summed E-state index contributed by atoms with van der Waals surface area (Å²) in [5, 5.41) is 0. The maximum absolute atomic E-state index is 12.4. The molecule has 0 aromatic heterocycles. The summed E-state index contributed by atoms with van der Waals surface area (Å²) in [6.45, 7) is -0.210. The summed E-state index contributed by atoms with van der Waals surface area (Å²) in [4.78, 5) is 25.3. The molecule has 0 unspecified atom stereocenters. The molecule has 1 heterocycles. The van der Waals surface area contributed by atoms with Crippen molar-refractivity contribution in [2.24, 2.45) is 0 Å². The Morgan fingerprint density at radius 2 is 1.77 bits per heavy atom. The lowest BCUT2D eigenvalue weighted by molar-refractivity contribution is -0.146. The number of hydrogen-bond donors (Lipinski definition) is 1. The molecule has 9 nitrogen and oxygen atoms in total. The van der Waals surface area contributed by atoms with Gasteiger partial charge < -0.3 is 19.1 Å². The van der Waals surface area contributed by atoms with Crippen molar-refractivity contribution in [2.45, 2.75) is 11.3 Å². The monoisotopic (exact) mass is 434 g/mol. The van der Waals surface area contributed by atoms with E-state index in [-0.39, 0.29) is 4.90 Å². The number of ether oxygens (including phenoxy) is 3. The third kappa shape index (κ3) is 5.49. The number of amides is 1. The molecule has 3 rings (SSSR count). The number of carbonyl (C=O) groups excluding carboxylic acids is 2. The maximum Gasteiger partial charge on any atom is 0.321 e. The summed E-state index contributed by atoms with van der Waals surface area (Å²) in [5.41, 5.74) is 0.647. The molecule has 2 aromatic rings. The van der Waals surface area contributed by atoms with Crippen LogP contribution in [0.1, 0.15) is 6.42 Å². The summed E-state index contributed by atoms with van der Waals surface area (Å²) < 4.78 is 42.9. The van der Waals surface area contributed by atoms with Gasteiger partial charge in [0.25, 0.3) is 5.91 Å². The van der Waals surface area contributed by atoms with E-state index < -0.39 is 35.1 Å². The number of sulfonamides is 1. The van der Waals surface area contributed by atoms with E-state index in [1.165, 1.54) is 23.1 Å². The number of likely N-dealkylation sites (N-methyl/N-ethyl adjacent to an activating group) is 1. The van der Waals surface area contributed by atoms with Crippen LogP contribution >= 0.6 is 0 Å². The summed E-state index contributed by atoms with van der Waals surface area (Å²) >= 11 is 0. The first-order valence-electron chi connectivity index (χ1n) is 9.23. The minimum atomic E-state index is -3.98. The van der Waals surface area contributed by atoms with Crippen molar-refractivity contribution < 1.29 is 32.2 Å². The van der Waals surface area contributed by atoms with Crippen molar-refractivity contribution in [1.82, 2.24) is 4.72 Å². The number of carbonyl (C=O) groups is 2. The van der Waals surface area contributed by atoms with E-state index in [2.05, 4.69) is 4.72 Å². The number of nitrogens with zero attached hydrogens (tertiary/aromatic N) is 1. The van der Waals surface area contributed by atoms with Gasteiger partial charge in [-0.2, -0.15) is 4.72 Å². The lowest BCUT2D eigenvalue weighted by Crippen LogP contribution is -2.34. The third-order valence-electron chi connectivity index (χ3n) is 4.31. The van der Waals surface area contributed by atoms with Crippen molar-refractivity contribution in [3.63, 3.8) is 0 Å². The van der Waals surface area contributed by atoms with Gasteiger partial charge in [-0.1, -0.05) is 18.2 Å². The number of hydrogen-bond acceptors (Lipinski definition) is 7. The van der Waals surface area contributed by atoms with Crippen LogP contribution in [0.25, 0.3) is 0 Å². The number of nitrogens with one attached hydrogen (secondary N) is 1. The van der Waals surface area contributed by atoms with Crippen LogP contribution in [-0.2, 0) is 24.3 Å². The first-order valence-corrected chi connectivity index (χ1v) is 10.7. The molecule has 30 heavy (non-hydrogen) atoms. The van der Waals surface area contributed by atoms with Gasteiger partial charge in [0.2, 0.25) is 10.0 Å². The van der Waals surface area contributed by atoms with Gasteiger partial charge in [0, 0.05) is 25.2 Å².